The van der Waals surface area contributed by atoms with Crippen molar-refractivity contribution in [2.75, 3.05) is 38.7 Å². The minimum Gasteiger partial charge on any atom is -0.382 e. The number of nitrogens with one attached hydrogen (secondary N) is 1. The highest BCUT2D eigenvalue weighted by atomic mass is 16.5. The number of hydrogen-bond donors (Lipinski definition) is 1. The number of nitrogens with zero attached hydrogens (tertiary/aromatic N) is 3. The molecule has 0 radical (unpaired) electrons. The number of hydrogen-bond acceptors (Lipinski definition) is 6. The Labute approximate surface area is 146 Å². The van der Waals surface area contributed by atoms with E-state index in [0.717, 1.165) is 12.1 Å². The average Bonchev–Trinajstić information content (AvgIpc) is 3.29. The summed E-state index contributed by atoms with van der Waals surface area (Å²) in [4.78, 5) is 18.5. The Morgan fingerprint density at radius 2 is 2.20 bits per heavy atom. The first-order valence-electron chi connectivity index (χ1n) is 8.26. The molecule has 0 bridgehead atoms. The minimum atomic E-state index is -0.111. The third kappa shape index (κ3) is 4.77. The van der Waals surface area contributed by atoms with Gasteiger partial charge in [-0.15, -0.1) is 0 Å². The second kappa shape index (κ2) is 8.59. The van der Waals surface area contributed by atoms with E-state index >= 15 is 0 Å². The van der Waals surface area contributed by atoms with Crippen molar-refractivity contribution in [1.29, 1.82) is 0 Å². The first-order valence-corrected chi connectivity index (χ1v) is 8.26. The molecule has 1 atom stereocenters. The lowest BCUT2D eigenvalue weighted by molar-refractivity contribution is 0.0494. The van der Waals surface area contributed by atoms with E-state index in [9.17, 15) is 4.79 Å². The van der Waals surface area contributed by atoms with Gasteiger partial charge in [-0.25, -0.2) is 4.79 Å². The van der Waals surface area contributed by atoms with Crippen LogP contribution in [0.2, 0.25) is 0 Å². The number of amides is 2. The van der Waals surface area contributed by atoms with Gasteiger partial charge in [-0.1, -0.05) is 23.4 Å². The standard InChI is InChI=1S/C17H22N4O4/c1-23-9-10-24-12-15-19-16(20-25-15)13-7-8-21(11-13)17(22)18-14-5-3-2-4-6-14/h2-6,13H,7-12H2,1H3,(H,18,22). The molecule has 1 N–H and O–H groups in total. The summed E-state index contributed by atoms with van der Waals surface area (Å²) in [6.07, 6.45) is 0.811. The highest BCUT2D eigenvalue weighted by Crippen LogP contribution is 2.25. The van der Waals surface area contributed by atoms with Gasteiger partial charge in [0.1, 0.15) is 6.61 Å². The Morgan fingerprint density at radius 3 is 3.00 bits per heavy atom. The maximum absolute atomic E-state index is 12.3. The number of aromatic nitrogens is 2. The van der Waals surface area contributed by atoms with Crippen LogP contribution in [-0.4, -0.2) is 54.5 Å². The van der Waals surface area contributed by atoms with Gasteiger partial charge in [-0.2, -0.15) is 4.98 Å². The molecule has 134 valence electrons. The van der Waals surface area contributed by atoms with Crippen LogP contribution in [0.25, 0.3) is 0 Å². The monoisotopic (exact) mass is 346 g/mol. The zero-order chi connectivity index (χ0) is 17.5. The number of likely N-dealkylation sites (tertiary alicyclic amines) is 1. The average molecular weight is 346 g/mol. The number of methoxy groups -OCH3 is 1. The van der Waals surface area contributed by atoms with Crippen LogP contribution in [0.4, 0.5) is 10.5 Å². The van der Waals surface area contributed by atoms with Crippen molar-refractivity contribution in [2.45, 2.75) is 18.9 Å². The molecule has 2 amide bonds. The zero-order valence-electron chi connectivity index (χ0n) is 14.2. The number of anilines is 1. The number of urea groups is 1. The number of carbonyl (C=O) groups is 1. The summed E-state index contributed by atoms with van der Waals surface area (Å²) in [7, 11) is 1.62. The van der Waals surface area contributed by atoms with E-state index in [1.54, 1.807) is 12.0 Å². The predicted molar refractivity (Wildman–Crippen MR) is 90.2 cm³/mol. The maximum Gasteiger partial charge on any atom is 0.321 e. The molecule has 1 aromatic carbocycles. The van der Waals surface area contributed by atoms with Gasteiger partial charge in [-0.05, 0) is 18.6 Å². The van der Waals surface area contributed by atoms with Crippen molar-refractivity contribution in [3.63, 3.8) is 0 Å². The lowest BCUT2D eigenvalue weighted by Crippen LogP contribution is -2.32. The Kier molecular flexibility index (Phi) is 5.97. The Bertz CT molecular complexity index is 676. The van der Waals surface area contributed by atoms with Crippen LogP contribution in [-0.2, 0) is 16.1 Å². The lowest BCUT2D eigenvalue weighted by Gasteiger charge is -2.16. The molecule has 2 aromatic rings. The van der Waals surface area contributed by atoms with Crippen molar-refractivity contribution < 1.29 is 18.8 Å². The SMILES string of the molecule is COCCOCc1nc(C2CCN(C(=O)Nc3ccccc3)C2)no1. The number of carbonyl (C=O) groups excluding carboxylic acids is 1. The van der Waals surface area contributed by atoms with Gasteiger partial charge >= 0.3 is 6.03 Å². The first kappa shape index (κ1) is 17.4. The number of para-hydroxylation sites is 1. The summed E-state index contributed by atoms with van der Waals surface area (Å²) >= 11 is 0. The van der Waals surface area contributed by atoms with E-state index in [1.165, 1.54) is 0 Å². The van der Waals surface area contributed by atoms with Gasteiger partial charge < -0.3 is 24.2 Å². The highest BCUT2D eigenvalue weighted by Gasteiger charge is 2.30. The van der Waals surface area contributed by atoms with Crippen molar-refractivity contribution in [3.8, 4) is 0 Å². The van der Waals surface area contributed by atoms with Crippen molar-refractivity contribution >= 4 is 11.7 Å². The molecule has 8 nitrogen and oxygen atoms in total. The molecule has 25 heavy (non-hydrogen) atoms. The molecule has 8 heteroatoms. The normalized spacial score (nSPS) is 17.0. The summed E-state index contributed by atoms with van der Waals surface area (Å²) in [6, 6.07) is 9.30. The van der Waals surface area contributed by atoms with Crippen LogP contribution < -0.4 is 5.32 Å². The molecule has 1 unspecified atom stereocenters. The van der Waals surface area contributed by atoms with E-state index in [2.05, 4.69) is 15.5 Å². The van der Waals surface area contributed by atoms with Gasteiger partial charge in [0.25, 0.3) is 5.89 Å². The summed E-state index contributed by atoms with van der Waals surface area (Å²) in [5, 5.41) is 6.91. The maximum atomic E-state index is 12.3. The zero-order valence-corrected chi connectivity index (χ0v) is 14.2. The van der Waals surface area contributed by atoms with Crippen LogP contribution in [0.5, 0.6) is 0 Å². The van der Waals surface area contributed by atoms with E-state index in [4.69, 9.17) is 14.0 Å². The summed E-state index contributed by atoms with van der Waals surface area (Å²) in [6.45, 7) is 2.50. The molecule has 1 saturated heterocycles. The fourth-order valence-electron chi connectivity index (χ4n) is 2.67. The number of benzene rings is 1. The lowest BCUT2D eigenvalue weighted by atomic mass is 10.1. The molecule has 0 saturated carbocycles. The van der Waals surface area contributed by atoms with Gasteiger partial charge in [0.2, 0.25) is 0 Å². The summed E-state index contributed by atoms with van der Waals surface area (Å²) < 4.78 is 15.5. The number of ether oxygens (including phenoxy) is 2. The second-order valence-corrected chi connectivity index (χ2v) is 5.82. The van der Waals surface area contributed by atoms with E-state index in [-0.39, 0.29) is 18.6 Å². The van der Waals surface area contributed by atoms with E-state index in [1.807, 2.05) is 30.3 Å². The van der Waals surface area contributed by atoms with Crippen molar-refractivity contribution in [2.24, 2.45) is 0 Å². The van der Waals surface area contributed by atoms with Gasteiger partial charge in [0.05, 0.1) is 13.2 Å². The Morgan fingerprint density at radius 1 is 1.36 bits per heavy atom. The predicted octanol–water partition coefficient (Wildman–Crippen LogP) is 2.25. The Hall–Kier alpha value is -2.45. The third-order valence-corrected chi connectivity index (χ3v) is 4.01. The Balaban J connectivity index is 1.49. The fraction of sp³-hybridized carbons (Fsp3) is 0.471. The highest BCUT2D eigenvalue weighted by molar-refractivity contribution is 5.89. The minimum absolute atomic E-state index is 0.0815. The molecular formula is C17H22N4O4. The third-order valence-electron chi connectivity index (χ3n) is 4.01. The topological polar surface area (TPSA) is 89.7 Å². The van der Waals surface area contributed by atoms with Gasteiger partial charge in [0, 0.05) is 31.8 Å². The molecular weight excluding hydrogens is 324 g/mol. The van der Waals surface area contributed by atoms with E-state index in [0.29, 0.717) is 38.0 Å². The molecule has 1 aromatic heterocycles. The van der Waals surface area contributed by atoms with Crippen LogP contribution in [0, 0.1) is 0 Å². The van der Waals surface area contributed by atoms with Crippen LogP contribution in [0.15, 0.2) is 34.9 Å². The molecule has 3 rings (SSSR count). The molecule has 0 aliphatic carbocycles. The van der Waals surface area contributed by atoms with E-state index < -0.39 is 0 Å². The number of rotatable bonds is 7. The summed E-state index contributed by atoms with van der Waals surface area (Å²) in [5.41, 5.74) is 0.783. The van der Waals surface area contributed by atoms with Gasteiger partial charge in [-0.3, -0.25) is 0 Å². The smallest absolute Gasteiger partial charge is 0.321 e. The quantitative estimate of drug-likeness (QED) is 0.774. The van der Waals surface area contributed by atoms with Crippen LogP contribution in [0.3, 0.4) is 0 Å². The van der Waals surface area contributed by atoms with Crippen LogP contribution in [0.1, 0.15) is 24.1 Å². The fourth-order valence-corrected chi connectivity index (χ4v) is 2.67. The van der Waals surface area contributed by atoms with Crippen molar-refractivity contribution in [1.82, 2.24) is 15.0 Å². The summed E-state index contributed by atoms with van der Waals surface area (Å²) in [5.74, 6) is 1.15. The van der Waals surface area contributed by atoms with Crippen molar-refractivity contribution in [3.05, 3.63) is 42.0 Å². The molecule has 1 aliphatic rings. The first-order chi connectivity index (χ1) is 12.3. The van der Waals surface area contributed by atoms with Gasteiger partial charge in [0.15, 0.2) is 5.82 Å². The molecule has 2 heterocycles. The second-order valence-electron chi connectivity index (χ2n) is 5.82. The largest absolute Gasteiger partial charge is 0.382 e. The molecule has 0 spiro atoms. The molecule has 1 aliphatic heterocycles. The molecule has 1 fully saturated rings. The van der Waals surface area contributed by atoms with Crippen LogP contribution >= 0.6 is 0 Å².